The first-order chi connectivity index (χ1) is 13.3. The third-order valence-corrected chi connectivity index (χ3v) is 4.57. The minimum absolute atomic E-state index is 0.0760. The minimum atomic E-state index is -0.436. The van der Waals surface area contributed by atoms with Gasteiger partial charge in [0.2, 0.25) is 5.91 Å². The number of amides is 2. The highest BCUT2D eigenvalue weighted by Crippen LogP contribution is 2.12. The molecular weight excluding hydrogens is 359 g/mol. The lowest BCUT2D eigenvalue weighted by molar-refractivity contribution is -0.121. The van der Waals surface area contributed by atoms with Gasteiger partial charge in [-0.25, -0.2) is 4.39 Å². The fourth-order valence-electron chi connectivity index (χ4n) is 2.59. The SMILES string of the molecule is Cc1ccc(C(=O)CCC(=O)NCCNC(=O)c2ccc(C)c(F)c2)cc1C. The van der Waals surface area contributed by atoms with E-state index in [1.165, 1.54) is 6.07 Å². The van der Waals surface area contributed by atoms with E-state index >= 15 is 0 Å². The second kappa shape index (κ2) is 9.78. The summed E-state index contributed by atoms with van der Waals surface area (Å²) in [6, 6.07) is 9.77. The number of carbonyl (C=O) groups is 3. The van der Waals surface area contributed by atoms with Crippen LogP contribution in [0.5, 0.6) is 0 Å². The lowest BCUT2D eigenvalue weighted by atomic mass is 10.0. The Kier molecular flexibility index (Phi) is 7.44. The van der Waals surface area contributed by atoms with Crippen molar-refractivity contribution in [3.8, 4) is 0 Å². The lowest BCUT2D eigenvalue weighted by Gasteiger charge is -2.08. The van der Waals surface area contributed by atoms with Crippen molar-refractivity contribution >= 4 is 17.6 Å². The van der Waals surface area contributed by atoms with Gasteiger partial charge in [-0.15, -0.1) is 0 Å². The van der Waals surface area contributed by atoms with Crippen LogP contribution in [0.2, 0.25) is 0 Å². The second-order valence-corrected chi connectivity index (χ2v) is 6.79. The average molecular weight is 384 g/mol. The molecule has 0 aliphatic heterocycles. The Labute approximate surface area is 164 Å². The standard InChI is InChI=1S/C22H25FN2O3/c1-14-4-6-17(12-16(14)3)20(26)8-9-21(27)24-10-11-25-22(28)18-7-5-15(2)19(23)13-18/h4-7,12-13H,8-11H2,1-3H3,(H,24,27)(H,25,28). The summed E-state index contributed by atoms with van der Waals surface area (Å²) in [7, 11) is 0. The van der Waals surface area contributed by atoms with Crippen molar-refractivity contribution in [2.45, 2.75) is 33.6 Å². The zero-order valence-electron chi connectivity index (χ0n) is 16.4. The summed E-state index contributed by atoms with van der Waals surface area (Å²) >= 11 is 0. The molecule has 0 saturated heterocycles. The van der Waals surface area contributed by atoms with Gasteiger partial charge < -0.3 is 10.6 Å². The molecule has 2 aromatic rings. The largest absolute Gasteiger partial charge is 0.354 e. The van der Waals surface area contributed by atoms with E-state index in [-0.39, 0.29) is 43.2 Å². The van der Waals surface area contributed by atoms with Gasteiger partial charge in [0.05, 0.1) is 0 Å². The quantitative estimate of drug-likeness (QED) is 0.542. The molecule has 0 heterocycles. The zero-order chi connectivity index (χ0) is 20.7. The Balaban J connectivity index is 1.69. The topological polar surface area (TPSA) is 75.3 Å². The first-order valence-corrected chi connectivity index (χ1v) is 9.19. The molecule has 0 saturated carbocycles. The van der Waals surface area contributed by atoms with Crippen molar-refractivity contribution in [3.05, 3.63) is 70.0 Å². The van der Waals surface area contributed by atoms with E-state index < -0.39 is 11.7 Å². The van der Waals surface area contributed by atoms with Crippen molar-refractivity contribution in [3.63, 3.8) is 0 Å². The summed E-state index contributed by atoms with van der Waals surface area (Å²) in [6.07, 6.45) is 0.214. The molecule has 0 fully saturated rings. The smallest absolute Gasteiger partial charge is 0.251 e. The van der Waals surface area contributed by atoms with Gasteiger partial charge in [0, 0.05) is 37.1 Å². The first-order valence-electron chi connectivity index (χ1n) is 9.19. The first kappa shape index (κ1) is 21.3. The molecular formula is C22H25FN2O3. The normalized spacial score (nSPS) is 10.4. The molecule has 0 atom stereocenters. The molecule has 6 heteroatoms. The molecule has 0 spiro atoms. The molecule has 2 N–H and O–H groups in total. The lowest BCUT2D eigenvalue weighted by Crippen LogP contribution is -2.34. The van der Waals surface area contributed by atoms with E-state index in [2.05, 4.69) is 10.6 Å². The van der Waals surface area contributed by atoms with Crippen LogP contribution < -0.4 is 10.6 Å². The number of Topliss-reactive ketones (excluding diaryl/α,β-unsaturated/α-hetero) is 1. The third kappa shape index (κ3) is 6.01. The van der Waals surface area contributed by atoms with Gasteiger partial charge in [-0.1, -0.05) is 18.2 Å². The van der Waals surface area contributed by atoms with Crippen LogP contribution in [0.1, 0.15) is 50.2 Å². The molecule has 2 rings (SSSR count). The van der Waals surface area contributed by atoms with Gasteiger partial charge in [0.15, 0.2) is 5.78 Å². The summed E-state index contributed by atoms with van der Waals surface area (Å²) in [5.41, 5.74) is 3.46. The molecule has 0 unspecified atom stereocenters. The van der Waals surface area contributed by atoms with Crippen molar-refractivity contribution in [2.75, 3.05) is 13.1 Å². The van der Waals surface area contributed by atoms with Crippen LogP contribution in [0.3, 0.4) is 0 Å². The molecule has 0 aromatic heterocycles. The number of hydrogen-bond donors (Lipinski definition) is 2. The third-order valence-electron chi connectivity index (χ3n) is 4.57. The molecule has 2 amide bonds. The van der Waals surface area contributed by atoms with Crippen LogP contribution in [0.15, 0.2) is 36.4 Å². The Morgan fingerprint density at radius 3 is 2.11 bits per heavy atom. The highest BCUT2D eigenvalue weighted by molar-refractivity contribution is 5.98. The molecule has 0 bridgehead atoms. The molecule has 0 radical (unpaired) electrons. The van der Waals surface area contributed by atoms with Crippen LogP contribution in [0, 0.1) is 26.6 Å². The number of rotatable bonds is 8. The van der Waals surface area contributed by atoms with Gasteiger partial charge in [-0.3, -0.25) is 14.4 Å². The van der Waals surface area contributed by atoms with Crippen LogP contribution in [0.25, 0.3) is 0 Å². The molecule has 2 aromatic carbocycles. The van der Waals surface area contributed by atoms with E-state index in [0.717, 1.165) is 11.1 Å². The van der Waals surface area contributed by atoms with E-state index in [4.69, 9.17) is 0 Å². The molecule has 28 heavy (non-hydrogen) atoms. The van der Waals surface area contributed by atoms with Crippen molar-refractivity contribution in [2.24, 2.45) is 0 Å². The summed E-state index contributed by atoms with van der Waals surface area (Å²) in [5, 5.41) is 5.27. The van der Waals surface area contributed by atoms with Crippen LogP contribution in [-0.4, -0.2) is 30.7 Å². The van der Waals surface area contributed by atoms with Crippen molar-refractivity contribution in [1.82, 2.24) is 10.6 Å². The highest BCUT2D eigenvalue weighted by Gasteiger charge is 2.11. The summed E-state index contributed by atoms with van der Waals surface area (Å²) in [6.45, 7) is 5.99. The van der Waals surface area contributed by atoms with Crippen LogP contribution >= 0.6 is 0 Å². The van der Waals surface area contributed by atoms with E-state index in [1.807, 2.05) is 26.0 Å². The monoisotopic (exact) mass is 384 g/mol. The Bertz CT molecular complexity index is 893. The van der Waals surface area contributed by atoms with Crippen molar-refractivity contribution in [1.29, 1.82) is 0 Å². The van der Waals surface area contributed by atoms with Gasteiger partial charge in [-0.2, -0.15) is 0 Å². The summed E-state index contributed by atoms with van der Waals surface area (Å²) in [4.78, 5) is 36.0. The summed E-state index contributed by atoms with van der Waals surface area (Å²) < 4.78 is 13.5. The average Bonchev–Trinajstić information content (AvgIpc) is 2.67. The Morgan fingerprint density at radius 1 is 0.786 bits per heavy atom. The van der Waals surface area contributed by atoms with Crippen LogP contribution in [0.4, 0.5) is 4.39 Å². The minimum Gasteiger partial charge on any atom is -0.354 e. The van der Waals surface area contributed by atoms with Gasteiger partial charge in [0.1, 0.15) is 5.82 Å². The predicted octanol–water partition coefficient (Wildman–Crippen LogP) is 3.26. The molecule has 148 valence electrons. The molecule has 0 aliphatic rings. The van der Waals surface area contributed by atoms with E-state index in [9.17, 15) is 18.8 Å². The Hall–Kier alpha value is -3.02. The maximum Gasteiger partial charge on any atom is 0.251 e. The van der Waals surface area contributed by atoms with E-state index in [0.29, 0.717) is 11.1 Å². The van der Waals surface area contributed by atoms with Crippen molar-refractivity contribution < 1.29 is 18.8 Å². The number of aryl methyl sites for hydroxylation is 3. The van der Waals surface area contributed by atoms with Gasteiger partial charge in [-0.05, 0) is 55.7 Å². The maximum atomic E-state index is 13.5. The fraction of sp³-hybridized carbons (Fsp3) is 0.318. The van der Waals surface area contributed by atoms with E-state index in [1.54, 1.807) is 25.1 Å². The number of benzene rings is 2. The number of nitrogens with one attached hydrogen (secondary N) is 2. The summed E-state index contributed by atoms with van der Waals surface area (Å²) in [5.74, 6) is -1.17. The fourth-order valence-corrected chi connectivity index (χ4v) is 2.59. The number of halogens is 1. The number of carbonyl (C=O) groups excluding carboxylic acids is 3. The Morgan fingerprint density at radius 2 is 1.43 bits per heavy atom. The second-order valence-electron chi connectivity index (χ2n) is 6.79. The van der Waals surface area contributed by atoms with Gasteiger partial charge in [0.25, 0.3) is 5.91 Å². The predicted molar refractivity (Wildman–Crippen MR) is 106 cm³/mol. The number of hydrogen-bond acceptors (Lipinski definition) is 3. The maximum absolute atomic E-state index is 13.5. The molecule has 0 aliphatic carbocycles. The highest BCUT2D eigenvalue weighted by atomic mass is 19.1. The molecule has 5 nitrogen and oxygen atoms in total. The van der Waals surface area contributed by atoms with Gasteiger partial charge >= 0.3 is 0 Å². The zero-order valence-corrected chi connectivity index (χ0v) is 16.4. The van der Waals surface area contributed by atoms with Crippen LogP contribution in [-0.2, 0) is 4.79 Å². The number of ketones is 1.